The van der Waals surface area contributed by atoms with Gasteiger partial charge in [0.1, 0.15) is 0 Å². The van der Waals surface area contributed by atoms with Crippen LogP contribution in [-0.2, 0) is 19.3 Å². The van der Waals surface area contributed by atoms with Crippen molar-refractivity contribution in [2.75, 3.05) is 21.3 Å². The minimum absolute atomic E-state index is 0.0467. The largest absolute Gasteiger partial charge is 0.494 e. The Hall–Kier alpha value is -3.36. The van der Waals surface area contributed by atoms with Crippen LogP contribution in [0.1, 0.15) is 266 Å². The van der Waals surface area contributed by atoms with Crippen LogP contribution in [0, 0.1) is 52.7 Å². The molecule has 0 bridgehead atoms. The lowest BCUT2D eigenvalue weighted by molar-refractivity contribution is 0.301. The quantitative estimate of drug-likeness (QED) is 0.0661. The third-order valence-electron chi connectivity index (χ3n) is 16.7. The van der Waals surface area contributed by atoms with Gasteiger partial charge < -0.3 is 14.2 Å². The molecule has 0 atom stereocenters. The summed E-state index contributed by atoms with van der Waals surface area (Å²) in [5.41, 5.74) is 4.74. The summed E-state index contributed by atoms with van der Waals surface area (Å²) >= 11 is 0. The van der Waals surface area contributed by atoms with Crippen LogP contribution in [0.2, 0.25) is 0 Å². The van der Waals surface area contributed by atoms with Gasteiger partial charge >= 0.3 is 0 Å². The molecule has 9 heteroatoms. The molecule has 6 rings (SSSR count). The van der Waals surface area contributed by atoms with Gasteiger partial charge in [0.05, 0.1) is 21.3 Å². The number of ether oxygens (including phenoxy) is 3. The molecule has 0 amide bonds. The fourth-order valence-electron chi connectivity index (χ4n) is 12.2. The zero-order chi connectivity index (χ0) is 52.6. The van der Waals surface area contributed by atoms with Crippen molar-refractivity contribution >= 4 is 0 Å². The molecule has 3 saturated carbocycles. The number of rotatable bonds is 24. The van der Waals surface area contributed by atoms with E-state index in [0.29, 0.717) is 53.7 Å². The fraction of sp³-hybridized carbons (Fsp3) is 0.714. The van der Waals surface area contributed by atoms with Crippen molar-refractivity contribution in [3.63, 3.8) is 0 Å². The summed E-state index contributed by atoms with van der Waals surface area (Å²) in [5, 5.41) is 0. The molecule has 0 aromatic heterocycles. The summed E-state index contributed by atoms with van der Waals surface area (Å²) in [6.07, 6.45) is 32.9. The van der Waals surface area contributed by atoms with Crippen molar-refractivity contribution in [3.05, 3.63) is 86.5 Å². The highest BCUT2D eigenvalue weighted by Gasteiger charge is 2.31. The van der Waals surface area contributed by atoms with Gasteiger partial charge in [-0.15, -0.1) is 0 Å². The van der Waals surface area contributed by atoms with E-state index in [2.05, 4.69) is 34.6 Å². The van der Waals surface area contributed by atoms with Crippen molar-refractivity contribution in [1.82, 2.24) is 0 Å². The number of hydrogen-bond donors (Lipinski definition) is 0. The smallest absolute Gasteiger partial charge is 0.200 e. The zero-order valence-electron chi connectivity index (χ0n) is 46.4. The summed E-state index contributed by atoms with van der Waals surface area (Å²) in [6.45, 7) is 12.9. The minimum atomic E-state index is -0.837. The van der Waals surface area contributed by atoms with Crippen LogP contribution in [0.25, 0.3) is 0 Å². The van der Waals surface area contributed by atoms with Crippen LogP contribution in [0.4, 0.5) is 26.3 Å². The van der Waals surface area contributed by atoms with Gasteiger partial charge in [0.15, 0.2) is 34.7 Å². The Labute approximate surface area is 433 Å². The lowest BCUT2D eigenvalue weighted by Gasteiger charge is -2.30. The summed E-state index contributed by atoms with van der Waals surface area (Å²) in [6, 6.07) is 5.29. The molecule has 0 spiro atoms. The number of halogens is 6. The predicted molar refractivity (Wildman–Crippen MR) is 287 cm³/mol. The van der Waals surface area contributed by atoms with Gasteiger partial charge in [-0.3, -0.25) is 0 Å². The average Bonchev–Trinajstić information content (AvgIpc) is 3.41. The normalized spacial score (nSPS) is 21.0. The van der Waals surface area contributed by atoms with Gasteiger partial charge in [0.2, 0.25) is 17.5 Å². The Kier molecular flexibility index (Phi) is 27.9. The van der Waals surface area contributed by atoms with E-state index < -0.39 is 34.9 Å². The van der Waals surface area contributed by atoms with E-state index in [9.17, 15) is 26.3 Å². The lowest BCUT2D eigenvalue weighted by atomic mass is 9.75. The molecule has 3 fully saturated rings. The van der Waals surface area contributed by atoms with Crippen LogP contribution in [0.3, 0.4) is 0 Å². The molecule has 0 aliphatic heterocycles. The Morgan fingerprint density at radius 3 is 0.875 bits per heavy atom. The molecular weight excluding hydrogens is 919 g/mol. The van der Waals surface area contributed by atoms with Crippen molar-refractivity contribution in [3.8, 4) is 17.2 Å². The molecule has 0 saturated heterocycles. The average molecular weight is 1020 g/mol. The molecule has 3 nitrogen and oxygen atoms in total. The second-order valence-corrected chi connectivity index (χ2v) is 21.7. The van der Waals surface area contributed by atoms with Crippen molar-refractivity contribution in [1.29, 1.82) is 0 Å². The molecule has 3 aliphatic rings. The van der Waals surface area contributed by atoms with Crippen LogP contribution in [0.15, 0.2) is 18.2 Å². The maximum Gasteiger partial charge on any atom is 0.200 e. The Bertz CT molecular complexity index is 2010. The zero-order valence-corrected chi connectivity index (χ0v) is 46.4. The van der Waals surface area contributed by atoms with Crippen molar-refractivity contribution < 1.29 is 40.6 Å². The molecule has 0 unspecified atom stereocenters. The van der Waals surface area contributed by atoms with Gasteiger partial charge in [0, 0.05) is 0 Å². The molecule has 0 N–H and O–H groups in total. The second-order valence-electron chi connectivity index (χ2n) is 21.7. The molecule has 3 aromatic carbocycles. The van der Waals surface area contributed by atoms with E-state index in [4.69, 9.17) is 14.2 Å². The molecule has 3 aliphatic carbocycles. The van der Waals surface area contributed by atoms with E-state index in [1.165, 1.54) is 118 Å². The standard InChI is InChI=1S/C22H34F2O.C21H32F2O.C20H30F2O/c1-4-6-8-10-18-19(15-20(25-3)22(24)21(18)23)17-13-11-16(12-14-17)9-7-5-2;1-4-6-8-15-10-12-16(13-11-15)18-14-19(24-3)21(23)20(22)17(18)9-7-5-2;1-4-6-8-14-9-11-15(12-10-14)17-13-18(23-3)20(22)19(21)16(17)7-5-2/h15-17H,4-14H2,1-3H3;14-16H,4-13H2,1-3H3;13-15H,4-12H2,1-3H3. The monoisotopic (exact) mass is 1010 g/mol. The van der Waals surface area contributed by atoms with E-state index >= 15 is 0 Å². The molecule has 72 heavy (non-hydrogen) atoms. The highest BCUT2D eigenvalue weighted by atomic mass is 19.2. The minimum Gasteiger partial charge on any atom is -0.494 e. The topological polar surface area (TPSA) is 27.7 Å². The molecule has 0 heterocycles. The van der Waals surface area contributed by atoms with E-state index in [-0.39, 0.29) is 17.2 Å². The first kappa shape index (κ1) is 61.2. The highest BCUT2D eigenvalue weighted by Crippen LogP contribution is 2.45. The van der Waals surface area contributed by atoms with E-state index in [1.807, 2.05) is 6.92 Å². The van der Waals surface area contributed by atoms with Crippen molar-refractivity contribution in [2.24, 2.45) is 17.8 Å². The number of methoxy groups -OCH3 is 3. The summed E-state index contributed by atoms with van der Waals surface area (Å²) in [5.74, 6) is -0.933. The predicted octanol–water partition coefficient (Wildman–Crippen LogP) is 20.3. The summed E-state index contributed by atoms with van der Waals surface area (Å²) in [4.78, 5) is 0. The number of benzene rings is 3. The Balaban J connectivity index is 0.000000235. The Morgan fingerprint density at radius 1 is 0.333 bits per heavy atom. The van der Waals surface area contributed by atoms with Gasteiger partial charge in [-0.2, -0.15) is 13.2 Å². The number of unbranched alkanes of at least 4 members (excludes halogenated alkanes) is 6. The van der Waals surface area contributed by atoms with E-state index in [0.717, 1.165) is 111 Å². The van der Waals surface area contributed by atoms with Gasteiger partial charge in [-0.1, -0.05) is 125 Å². The van der Waals surface area contributed by atoms with Crippen molar-refractivity contribution in [2.45, 2.75) is 252 Å². The van der Waals surface area contributed by atoms with Gasteiger partial charge in [-0.25, -0.2) is 13.2 Å². The maximum atomic E-state index is 14.7. The highest BCUT2D eigenvalue weighted by molar-refractivity contribution is 5.43. The summed E-state index contributed by atoms with van der Waals surface area (Å²) < 4.78 is 101. The fourth-order valence-corrected chi connectivity index (χ4v) is 12.2. The number of hydrogen-bond acceptors (Lipinski definition) is 3. The molecule has 3 aromatic rings. The van der Waals surface area contributed by atoms with Gasteiger partial charge in [0.25, 0.3) is 0 Å². The Morgan fingerprint density at radius 2 is 0.611 bits per heavy atom. The first-order valence-electron chi connectivity index (χ1n) is 29.0. The lowest BCUT2D eigenvalue weighted by Crippen LogP contribution is -2.16. The van der Waals surface area contributed by atoms with Crippen LogP contribution >= 0.6 is 0 Å². The third kappa shape index (κ3) is 17.4. The first-order chi connectivity index (χ1) is 34.9. The maximum absolute atomic E-state index is 14.7. The first-order valence-corrected chi connectivity index (χ1v) is 29.0. The summed E-state index contributed by atoms with van der Waals surface area (Å²) in [7, 11) is 4.23. The molecular formula is C63H96F6O3. The van der Waals surface area contributed by atoms with Gasteiger partial charge in [-0.05, 0) is 196 Å². The van der Waals surface area contributed by atoms with Crippen LogP contribution < -0.4 is 14.2 Å². The van der Waals surface area contributed by atoms with E-state index in [1.54, 1.807) is 18.2 Å². The van der Waals surface area contributed by atoms with Crippen LogP contribution in [0.5, 0.6) is 17.2 Å². The van der Waals surface area contributed by atoms with Crippen LogP contribution in [-0.4, -0.2) is 21.3 Å². The molecule has 0 radical (unpaired) electrons. The third-order valence-corrected chi connectivity index (χ3v) is 16.7. The second kappa shape index (κ2) is 32.8. The SMILES string of the molecule is CCCCC1CCC(c2cc(OC)c(F)c(F)c2CCC)CC1.CCCCCc1c(C2CCC(CCCC)CC2)cc(OC)c(F)c1F.CCCCc1c(C2CCC(CCCC)CC2)cc(OC)c(F)c1F. The molecule has 408 valence electrons.